The highest BCUT2D eigenvalue weighted by Gasteiger charge is 2.13. The molecule has 8 heteroatoms. The molecule has 7 nitrogen and oxygen atoms in total. The van der Waals surface area contributed by atoms with Crippen molar-refractivity contribution in [2.24, 2.45) is 0 Å². The molecule has 0 saturated heterocycles. The van der Waals surface area contributed by atoms with Gasteiger partial charge >= 0.3 is 5.63 Å². The Morgan fingerprint density at radius 2 is 1.97 bits per heavy atom. The predicted octanol–water partition coefficient (Wildman–Crippen LogP) is 3.15. The van der Waals surface area contributed by atoms with E-state index in [9.17, 15) is 14.7 Å². The van der Waals surface area contributed by atoms with Gasteiger partial charge in [-0.1, -0.05) is 23.9 Å². The van der Waals surface area contributed by atoms with E-state index in [2.05, 4.69) is 4.98 Å². The number of thioether (sulfide) groups is 1. The highest BCUT2D eigenvalue weighted by molar-refractivity contribution is 7.98. The van der Waals surface area contributed by atoms with Gasteiger partial charge in [0.25, 0.3) is 5.56 Å². The van der Waals surface area contributed by atoms with Crippen molar-refractivity contribution in [2.45, 2.75) is 17.5 Å². The van der Waals surface area contributed by atoms with Gasteiger partial charge in [-0.05, 0) is 29.8 Å². The number of hydrogen-bond acceptors (Lipinski definition) is 7. The first-order valence-electron chi connectivity index (χ1n) is 8.94. The molecule has 0 amide bonds. The number of nitrogens with zero attached hydrogens (tertiary/aromatic N) is 2. The molecular formula is C21H18N2O5S. The molecule has 1 N–H and O–H groups in total. The van der Waals surface area contributed by atoms with E-state index < -0.39 is 5.63 Å². The van der Waals surface area contributed by atoms with Crippen LogP contribution in [0.15, 0.2) is 67.7 Å². The molecule has 0 fully saturated rings. The first-order chi connectivity index (χ1) is 14.1. The van der Waals surface area contributed by atoms with Crippen molar-refractivity contribution in [3.8, 4) is 5.75 Å². The quantitative estimate of drug-likeness (QED) is 0.296. The number of rotatable bonds is 6. The van der Waals surface area contributed by atoms with Crippen molar-refractivity contribution in [3.05, 3.63) is 74.9 Å². The zero-order valence-corrected chi connectivity index (χ0v) is 16.4. The molecular weight excluding hydrogens is 392 g/mol. The third kappa shape index (κ3) is 3.90. The van der Waals surface area contributed by atoms with Gasteiger partial charge in [-0.25, -0.2) is 9.78 Å². The number of phenolic OH excluding ortho intramolecular Hbond substituents is 1. The van der Waals surface area contributed by atoms with Crippen molar-refractivity contribution < 1.29 is 14.3 Å². The Kier molecular flexibility index (Phi) is 5.37. The molecule has 0 aliphatic heterocycles. The molecule has 0 unspecified atom stereocenters. The van der Waals surface area contributed by atoms with Crippen LogP contribution in [-0.4, -0.2) is 28.4 Å². The van der Waals surface area contributed by atoms with Crippen molar-refractivity contribution in [1.29, 1.82) is 0 Å². The molecule has 0 aliphatic carbocycles. The molecule has 2 aromatic carbocycles. The largest absolute Gasteiger partial charge is 0.508 e. The third-order valence-corrected chi connectivity index (χ3v) is 5.54. The Hall–Kier alpha value is -3.10. The number of hydrogen-bond donors (Lipinski definition) is 1. The topological polar surface area (TPSA) is 94.6 Å². The Morgan fingerprint density at radius 3 is 2.79 bits per heavy atom. The minimum atomic E-state index is -0.498. The molecule has 29 heavy (non-hydrogen) atoms. The van der Waals surface area contributed by atoms with E-state index in [-0.39, 0.29) is 11.3 Å². The van der Waals surface area contributed by atoms with Crippen molar-refractivity contribution in [3.63, 3.8) is 0 Å². The minimum Gasteiger partial charge on any atom is -0.508 e. The van der Waals surface area contributed by atoms with E-state index >= 15 is 0 Å². The van der Waals surface area contributed by atoms with E-state index in [1.807, 2.05) is 12.1 Å². The van der Waals surface area contributed by atoms with Crippen molar-refractivity contribution >= 4 is 33.6 Å². The first kappa shape index (κ1) is 19.2. The highest BCUT2D eigenvalue weighted by atomic mass is 32.2. The molecule has 4 rings (SSSR count). The summed E-state index contributed by atoms with van der Waals surface area (Å²) in [5.41, 5.74) is 1.05. The smallest absolute Gasteiger partial charge is 0.336 e. The van der Waals surface area contributed by atoms with Gasteiger partial charge in [-0.3, -0.25) is 9.36 Å². The van der Waals surface area contributed by atoms with Crippen molar-refractivity contribution in [2.75, 3.05) is 13.7 Å². The van der Waals surface area contributed by atoms with E-state index in [1.165, 1.54) is 23.9 Å². The van der Waals surface area contributed by atoms with Gasteiger partial charge in [0.15, 0.2) is 5.16 Å². The summed E-state index contributed by atoms with van der Waals surface area (Å²) < 4.78 is 11.9. The number of benzene rings is 2. The molecule has 0 saturated carbocycles. The lowest BCUT2D eigenvalue weighted by atomic mass is 10.1. The predicted molar refractivity (Wildman–Crippen MR) is 112 cm³/mol. The van der Waals surface area contributed by atoms with E-state index in [0.29, 0.717) is 40.5 Å². The van der Waals surface area contributed by atoms with Crippen LogP contribution in [-0.2, 0) is 17.0 Å². The third-order valence-electron chi connectivity index (χ3n) is 4.52. The lowest BCUT2D eigenvalue weighted by molar-refractivity contribution is 0.183. The summed E-state index contributed by atoms with van der Waals surface area (Å²) in [7, 11) is 1.58. The fourth-order valence-electron chi connectivity index (χ4n) is 3.12. The Morgan fingerprint density at radius 1 is 1.14 bits per heavy atom. The number of ether oxygens (including phenoxy) is 1. The highest BCUT2D eigenvalue weighted by Crippen LogP contribution is 2.27. The Labute approximate surface area is 169 Å². The van der Waals surface area contributed by atoms with Crippen LogP contribution in [0.4, 0.5) is 0 Å². The number of aromatic hydroxyl groups is 1. The number of fused-ring (bicyclic) bond motifs is 2. The lowest BCUT2D eigenvalue weighted by Crippen LogP contribution is -2.25. The van der Waals surface area contributed by atoms with Crippen LogP contribution in [0.5, 0.6) is 5.75 Å². The van der Waals surface area contributed by atoms with Crippen LogP contribution in [0, 0.1) is 0 Å². The summed E-state index contributed by atoms with van der Waals surface area (Å²) in [4.78, 5) is 29.5. The number of aromatic nitrogens is 2. The number of phenols is 1. The van der Waals surface area contributed by atoms with Gasteiger partial charge in [0, 0.05) is 30.4 Å². The molecule has 2 aromatic heterocycles. The van der Waals surface area contributed by atoms with Crippen LogP contribution < -0.4 is 11.2 Å². The van der Waals surface area contributed by atoms with E-state index in [0.717, 1.165) is 10.9 Å². The summed E-state index contributed by atoms with van der Waals surface area (Å²) in [6.45, 7) is 0.756. The van der Waals surface area contributed by atoms with Gasteiger partial charge in [0.2, 0.25) is 0 Å². The minimum absolute atomic E-state index is 0.0232. The second-order valence-electron chi connectivity index (χ2n) is 6.42. The van der Waals surface area contributed by atoms with Gasteiger partial charge < -0.3 is 14.3 Å². The van der Waals surface area contributed by atoms with Crippen LogP contribution in [0.3, 0.4) is 0 Å². The maximum atomic E-state index is 12.9. The van der Waals surface area contributed by atoms with E-state index in [4.69, 9.17) is 9.15 Å². The second kappa shape index (κ2) is 8.10. The molecule has 148 valence electrons. The molecule has 0 bridgehead atoms. The summed E-state index contributed by atoms with van der Waals surface area (Å²) in [6.07, 6.45) is 0. The fourth-order valence-corrected chi connectivity index (χ4v) is 4.13. The zero-order chi connectivity index (χ0) is 20.4. The molecule has 0 atom stereocenters. The van der Waals surface area contributed by atoms with Crippen molar-refractivity contribution in [1.82, 2.24) is 9.55 Å². The SMILES string of the molecule is COCCn1c(SCc2cc(=O)oc3cc(O)ccc23)nc2ccccc2c1=O. The molecule has 4 aromatic rings. The Balaban J connectivity index is 1.76. The Bertz CT molecular complexity index is 1310. The van der Waals surface area contributed by atoms with Crippen LogP contribution in [0.1, 0.15) is 5.56 Å². The monoisotopic (exact) mass is 410 g/mol. The van der Waals surface area contributed by atoms with Crippen LogP contribution >= 0.6 is 11.8 Å². The van der Waals surface area contributed by atoms with E-state index in [1.54, 1.807) is 35.9 Å². The second-order valence-corrected chi connectivity index (χ2v) is 7.36. The molecule has 0 radical (unpaired) electrons. The average molecular weight is 410 g/mol. The van der Waals surface area contributed by atoms with Crippen LogP contribution in [0.2, 0.25) is 0 Å². The molecule has 0 spiro atoms. The maximum absolute atomic E-state index is 12.9. The standard InChI is InChI=1S/C21H18N2O5S/c1-27-9-8-23-20(26)16-4-2-3-5-17(16)22-21(23)29-12-13-10-19(25)28-18-11-14(24)6-7-15(13)18/h2-7,10-11,24H,8-9,12H2,1H3. The summed E-state index contributed by atoms with van der Waals surface area (Å²) in [6, 6.07) is 13.3. The average Bonchev–Trinajstić information content (AvgIpc) is 2.71. The summed E-state index contributed by atoms with van der Waals surface area (Å²) in [5.74, 6) is 0.431. The maximum Gasteiger partial charge on any atom is 0.336 e. The molecule has 0 aliphatic rings. The normalized spacial score (nSPS) is 11.3. The van der Waals surface area contributed by atoms with Crippen LogP contribution in [0.25, 0.3) is 21.9 Å². The van der Waals surface area contributed by atoms with Gasteiger partial charge in [0.1, 0.15) is 11.3 Å². The number of methoxy groups -OCH3 is 1. The lowest BCUT2D eigenvalue weighted by Gasteiger charge is -2.13. The first-order valence-corrected chi connectivity index (χ1v) is 9.92. The fraction of sp³-hybridized carbons (Fsp3) is 0.190. The summed E-state index contributed by atoms with van der Waals surface area (Å²) >= 11 is 1.36. The number of para-hydroxylation sites is 1. The molecule has 2 heterocycles. The van der Waals surface area contributed by atoms with Gasteiger partial charge in [0.05, 0.1) is 24.1 Å². The summed E-state index contributed by atoms with van der Waals surface area (Å²) in [5, 5.41) is 11.5. The van der Waals surface area contributed by atoms with Gasteiger partial charge in [-0.15, -0.1) is 0 Å². The van der Waals surface area contributed by atoms with Gasteiger partial charge in [-0.2, -0.15) is 0 Å². The zero-order valence-electron chi connectivity index (χ0n) is 15.6.